The molecule has 2 aromatic rings. The van der Waals surface area contributed by atoms with Crippen molar-refractivity contribution in [2.75, 3.05) is 18.5 Å². The number of rotatable bonds is 9. The van der Waals surface area contributed by atoms with Gasteiger partial charge in [-0.3, -0.25) is 19.3 Å². The van der Waals surface area contributed by atoms with Crippen molar-refractivity contribution in [3.8, 4) is 11.5 Å². The minimum Gasteiger partial charge on any atom is -0.455 e. The molecule has 1 heterocycles. The highest BCUT2D eigenvalue weighted by molar-refractivity contribution is 6.08. The van der Waals surface area contributed by atoms with Gasteiger partial charge in [0.2, 0.25) is 0 Å². The Hall–Kier alpha value is -3.88. The normalized spacial score (nSPS) is 14.6. The summed E-state index contributed by atoms with van der Waals surface area (Å²) in [6, 6.07) is 13.7. The molecule has 0 aliphatic carbocycles. The monoisotopic (exact) mass is 453 g/mol. The molecule has 0 spiro atoms. The fraction of sp³-hybridized carbons (Fsp3) is 0.333. The van der Waals surface area contributed by atoms with Crippen molar-refractivity contribution in [2.45, 2.75) is 39.2 Å². The van der Waals surface area contributed by atoms with Gasteiger partial charge in [-0.15, -0.1) is 0 Å². The van der Waals surface area contributed by atoms with Gasteiger partial charge in [-0.25, -0.2) is 4.79 Å². The summed E-state index contributed by atoms with van der Waals surface area (Å²) in [6.07, 6.45) is 0.818. The number of anilines is 1. The highest BCUT2D eigenvalue weighted by Crippen LogP contribution is 2.29. The largest absolute Gasteiger partial charge is 0.455 e. The first kappa shape index (κ1) is 23.8. The molecule has 0 bridgehead atoms. The molecule has 0 aromatic heterocycles. The Morgan fingerprint density at radius 1 is 1.03 bits per heavy atom. The van der Waals surface area contributed by atoms with Crippen molar-refractivity contribution in [3.05, 3.63) is 54.1 Å². The Balaban J connectivity index is 1.55. The molecule has 0 unspecified atom stereocenters. The molecule has 33 heavy (non-hydrogen) atoms. The predicted molar refractivity (Wildman–Crippen MR) is 121 cm³/mol. The number of aryl methyl sites for hydroxylation is 1. The van der Waals surface area contributed by atoms with E-state index in [1.54, 1.807) is 38.1 Å². The first-order chi connectivity index (χ1) is 15.8. The SMILES string of the molecule is CCC1(CC)NC(=O)N(CC(=O)OCC(=O)Nc2ccccc2Oc2ccc(C)cc2)C1=O. The van der Waals surface area contributed by atoms with Crippen molar-refractivity contribution in [2.24, 2.45) is 0 Å². The number of nitrogens with zero attached hydrogens (tertiary/aromatic N) is 1. The van der Waals surface area contributed by atoms with Crippen LogP contribution in [0.2, 0.25) is 0 Å². The second-order valence-electron chi connectivity index (χ2n) is 7.73. The molecule has 2 aromatic carbocycles. The summed E-state index contributed by atoms with van der Waals surface area (Å²) in [4.78, 5) is 50.0. The number of hydrogen-bond acceptors (Lipinski definition) is 6. The molecule has 0 saturated carbocycles. The molecule has 174 valence electrons. The third-order valence-corrected chi connectivity index (χ3v) is 5.51. The number of nitrogens with one attached hydrogen (secondary N) is 2. The van der Waals surface area contributed by atoms with Crippen LogP contribution in [-0.2, 0) is 19.1 Å². The summed E-state index contributed by atoms with van der Waals surface area (Å²) < 4.78 is 10.8. The Morgan fingerprint density at radius 3 is 2.33 bits per heavy atom. The Labute approximate surface area is 192 Å². The molecule has 3 rings (SSSR count). The maximum absolute atomic E-state index is 12.6. The number of para-hydroxylation sites is 2. The Kier molecular flexibility index (Phi) is 7.32. The van der Waals surface area contributed by atoms with Gasteiger partial charge in [0.15, 0.2) is 12.4 Å². The van der Waals surface area contributed by atoms with E-state index in [2.05, 4.69) is 10.6 Å². The number of esters is 1. The lowest BCUT2D eigenvalue weighted by molar-refractivity contribution is -0.150. The number of amides is 4. The summed E-state index contributed by atoms with van der Waals surface area (Å²) in [7, 11) is 0. The van der Waals surface area contributed by atoms with E-state index in [9.17, 15) is 19.2 Å². The first-order valence-electron chi connectivity index (χ1n) is 10.7. The molecule has 9 heteroatoms. The van der Waals surface area contributed by atoms with Crippen LogP contribution < -0.4 is 15.4 Å². The molecule has 2 N–H and O–H groups in total. The summed E-state index contributed by atoms with van der Waals surface area (Å²) in [5.74, 6) is -0.882. The van der Waals surface area contributed by atoms with E-state index in [0.717, 1.165) is 10.5 Å². The zero-order chi connectivity index (χ0) is 24.0. The van der Waals surface area contributed by atoms with E-state index in [1.807, 2.05) is 31.2 Å². The zero-order valence-electron chi connectivity index (χ0n) is 18.8. The lowest BCUT2D eigenvalue weighted by Gasteiger charge is -2.22. The molecule has 1 aliphatic rings. The third kappa shape index (κ3) is 5.49. The summed E-state index contributed by atoms with van der Waals surface area (Å²) in [6.45, 7) is 4.40. The predicted octanol–water partition coefficient (Wildman–Crippen LogP) is 3.38. The second-order valence-corrected chi connectivity index (χ2v) is 7.73. The zero-order valence-corrected chi connectivity index (χ0v) is 18.8. The highest BCUT2D eigenvalue weighted by atomic mass is 16.5. The Morgan fingerprint density at radius 2 is 1.70 bits per heavy atom. The average molecular weight is 453 g/mol. The van der Waals surface area contributed by atoms with Crippen LogP contribution in [0.25, 0.3) is 0 Å². The number of carbonyl (C=O) groups is 4. The number of hydrogen-bond donors (Lipinski definition) is 2. The van der Waals surface area contributed by atoms with Crippen molar-refractivity contribution in [1.29, 1.82) is 0 Å². The average Bonchev–Trinajstić information content (AvgIpc) is 3.05. The van der Waals surface area contributed by atoms with Gasteiger partial charge in [-0.2, -0.15) is 0 Å². The summed E-state index contributed by atoms with van der Waals surface area (Å²) in [5.41, 5.74) is 0.494. The van der Waals surface area contributed by atoms with Gasteiger partial charge in [0, 0.05) is 0 Å². The van der Waals surface area contributed by atoms with E-state index >= 15 is 0 Å². The van der Waals surface area contributed by atoms with Gasteiger partial charge in [-0.1, -0.05) is 43.7 Å². The number of imide groups is 1. The lowest BCUT2D eigenvalue weighted by Crippen LogP contribution is -2.46. The molecule has 1 saturated heterocycles. The van der Waals surface area contributed by atoms with Crippen LogP contribution in [0.3, 0.4) is 0 Å². The highest BCUT2D eigenvalue weighted by Gasteiger charge is 2.49. The minimum absolute atomic E-state index is 0.406. The van der Waals surface area contributed by atoms with Crippen molar-refractivity contribution < 1.29 is 28.7 Å². The van der Waals surface area contributed by atoms with Crippen molar-refractivity contribution in [1.82, 2.24) is 10.2 Å². The molecule has 0 atom stereocenters. The third-order valence-electron chi connectivity index (χ3n) is 5.51. The fourth-order valence-electron chi connectivity index (χ4n) is 3.45. The van der Waals surface area contributed by atoms with Crippen LogP contribution in [0.4, 0.5) is 10.5 Å². The van der Waals surface area contributed by atoms with Gasteiger partial charge < -0.3 is 20.1 Å². The minimum atomic E-state index is -1.00. The standard InChI is InChI=1S/C24H27N3O6/c1-4-24(5-2)22(30)27(23(31)26-24)14-21(29)32-15-20(28)25-18-8-6-7-9-19(18)33-17-12-10-16(3)11-13-17/h6-13H,4-5,14-15H2,1-3H3,(H,25,28)(H,26,31). The molecule has 4 amide bonds. The molecule has 1 fully saturated rings. The van der Waals surface area contributed by atoms with Crippen LogP contribution in [0.1, 0.15) is 32.3 Å². The van der Waals surface area contributed by atoms with Crippen LogP contribution in [0.15, 0.2) is 48.5 Å². The van der Waals surface area contributed by atoms with Gasteiger partial charge in [0.25, 0.3) is 11.8 Å². The van der Waals surface area contributed by atoms with Crippen molar-refractivity contribution >= 4 is 29.5 Å². The molecule has 1 aliphatic heterocycles. The fourth-order valence-corrected chi connectivity index (χ4v) is 3.45. The van der Waals surface area contributed by atoms with Gasteiger partial charge in [0.1, 0.15) is 17.8 Å². The van der Waals surface area contributed by atoms with Crippen LogP contribution in [0, 0.1) is 6.92 Å². The number of ether oxygens (including phenoxy) is 2. The maximum atomic E-state index is 12.6. The van der Waals surface area contributed by atoms with Gasteiger partial charge >= 0.3 is 12.0 Å². The van der Waals surface area contributed by atoms with Crippen LogP contribution >= 0.6 is 0 Å². The molecule has 0 radical (unpaired) electrons. The first-order valence-corrected chi connectivity index (χ1v) is 10.7. The maximum Gasteiger partial charge on any atom is 0.326 e. The van der Waals surface area contributed by atoms with E-state index in [0.29, 0.717) is 30.0 Å². The van der Waals surface area contributed by atoms with E-state index < -0.39 is 42.5 Å². The second kappa shape index (κ2) is 10.2. The Bertz CT molecular complexity index is 1050. The van der Waals surface area contributed by atoms with Crippen molar-refractivity contribution in [3.63, 3.8) is 0 Å². The molecule has 9 nitrogen and oxygen atoms in total. The molecular formula is C24H27N3O6. The van der Waals surface area contributed by atoms with E-state index in [1.165, 1.54) is 0 Å². The molecular weight excluding hydrogens is 426 g/mol. The van der Waals surface area contributed by atoms with E-state index in [4.69, 9.17) is 9.47 Å². The quantitative estimate of drug-likeness (QED) is 0.444. The van der Waals surface area contributed by atoms with Crippen LogP contribution in [-0.4, -0.2) is 47.4 Å². The summed E-state index contributed by atoms with van der Waals surface area (Å²) >= 11 is 0. The lowest BCUT2D eigenvalue weighted by atomic mass is 9.93. The number of urea groups is 1. The smallest absolute Gasteiger partial charge is 0.326 e. The van der Waals surface area contributed by atoms with E-state index in [-0.39, 0.29) is 0 Å². The number of carbonyl (C=O) groups excluding carboxylic acids is 4. The number of benzene rings is 2. The summed E-state index contributed by atoms with van der Waals surface area (Å²) in [5, 5.41) is 5.27. The van der Waals surface area contributed by atoms with Crippen LogP contribution in [0.5, 0.6) is 11.5 Å². The van der Waals surface area contributed by atoms with Gasteiger partial charge in [-0.05, 0) is 44.0 Å². The van der Waals surface area contributed by atoms with Gasteiger partial charge in [0.05, 0.1) is 5.69 Å². The topological polar surface area (TPSA) is 114 Å².